The second-order valence-electron chi connectivity index (χ2n) is 7.10. The van der Waals surface area contributed by atoms with Crippen LogP contribution < -0.4 is 0 Å². The summed E-state index contributed by atoms with van der Waals surface area (Å²) in [5, 5.41) is 11.0. The highest BCUT2D eigenvalue weighted by Crippen LogP contribution is 2.31. The topological polar surface area (TPSA) is 69.4 Å². The Morgan fingerprint density at radius 1 is 0.862 bits per heavy atom. The third-order valence-corrected chi connectivity index (χ3v) is 6.56. The van der Waals surface area contributed by atoms with Gasteiger partial charge in [0.05, 0.1) is 16.5 Å². The van der Waals surface area contributed by atoms with Crippen molar-refractivity contribution < 1.29 is 14.5 Å². The molecule has 0 heterocycles. The van der Waals surface area contributed by atoms with Crippen LogP contribution in [0.15, 0.2) is 99.6 Å². The van der Waals surface area contributed by atoms with Crippen molar-refractivity contribution in [3.05, 3.63) is 101 Å². The lowest BCUT2D eigenvalue weighted by Crippen LogP contribution is -2.37. The molecule has 0 aliphatic carbocycles. The van der Waals surface area contributed by atoms with Crippen molar-refractivity contribution in [1.82, 2.24) is 0 Å². The summed E-state index contributed by atoms with van der Waals surface area (Å²) in [6.45, 7) is 2.57. The molecule has 3 rings (SSSR count). The lowest BCUT2D eigenvalue weighted by molar-refractivity contribution is -0.563. The smallest absolute Gasteiger partial charge is 0.338 e. The molecule has 6 heteroatoms. The number of ether oxygens (including phenoxy) is 1. The third-order valence-electron chi connectivity index (χ3n) is 4.33. The normalized spacial score (nSPS) is 11.3. The monoisotopic (exact) mass is 408 g/mol. The molecule has 5 nitrogen and oxygen atoms in total. The first kappa shape index (κ1) is 20.6. The fourth-order valence-electron chi connectivity index (χ4n) is 2.63. The first-order valence-corrected chi connectivity index (χ1v) is 10.4. The summed E-state index contributed by atoms with van der Waals surface area (Å²) in [5.74, 6) is -0.564. The Bertz CT molecular complexity index is 933. The Kier molecular flexibility index (Phi) is 6.34. The summed E-state index contributed by atoms with van der Waals surface area (Å²) in [4.78, 5) is 26.3. The molecule has 0 radical (unpaired) electrons. The largest absolute Gasteiger partial charge is 0.454 e. The van der Waals surface area contributed by atoms with Crippen LogP contribution in [0.1, 0.15) is 24.2 Å². The first-order chi connectivity index (χ1) is 13.9. The number of carbonyl (C=O) groups excluding carboxylic acids is 1. The van der Waals surface area contributed by atoms with Gasteiger partial charge in [-0.05, 0) is 48.5 Å². The van der Waals surface area contributed by atoms with Crippen molar-refractivity contribution in [2.75, 3.05) is 6.61 Å². The first-order valence-electron chi connectivity index (χ1n) is 9.14. The van der Waals surface area contributed by atoms with Gasteiger partial charge in [0.15, 0.2) is 21.3 Å². The SMILES string of the molecule is CC(C)(COC(=O)c1ccc([S+](c2ccccc2)c2ccccc2)cc1)[N+](=O)[O-]. The molecule has 0 unspecified atom stereocenters. The highest BCUT2D eigenvalue weighted by molar-refractivity contribution is 7.97. The average molecular weight is 408 g/mol. The summed E-state index contributed by atoms with van der Waals surface area (Å²) in [7, 11) is -0.302. The zero-order valence-electron chi connectivity index (χ0n) is 16.3. The fraction of sp³-hybridized carbons (Fsp3) is 0.174. The van der Waals surface area contributed by atoms with Gasteiger partial charge in [0.2, 0.25) is 5.54 Å². The van der Waals surface area contributed by atoms with Crippen LogP contribution >= 0.6 is 0 Å². The maximum atomic E-state index is 12.3. The van der Waals surface area contributed by atoms with Gasteiger partial charge in [-0.1, -0.05) is 36.4 Å². The fourth-order valence-corrected chi connectivity index (χ4v) is 4.71. The molecule has 3 aromatic carbocycles. The van der Waals surface area contributed by atoms with Crippen LogP contribution in [0.5, 0.6) is 0 Å². The molecule has 0 aliphatic heterocycles. The van der Waals surface area contributed by atoms with E-state index in [2.05, 4.69) is 24.3 Å². The van der Waals surface area contributed by atoms with Crippen molar-refractivity contribution in [2.45, 2.75) is 34.1 Å². The van der Waals surface area contributed by atoms with Crippen molar-refractivity contribution in [2.24, 2.45) is 0 Å². The molecule has 0 atom stereocenters. The number of nitrogens with zero attached hydrogens (tertiary/aromatic N) is 1. The van der Waals surface area contributed by atoms with E-state index in [0.717, 1.165) is 4.90 Å². The van der Waals surface area contributed by atoms with E-state index in [1.807, 2.05) is 48.5 Å². The molecule has 3 aromatic rings. The molecule has 0 amide bonds. The van der Waals surface area contributed by atoms with Gasteiger partial charge in [0.25, 0.3) is 0 Å². The van der Waals surface area contributed by atoms with Gasteiger partial charge in [0.1, 0.15) is 0 Å². The Balaban J connectivity index is 1.83. The predicted molar refractivity (Wildman–Crippen MR) is 113 cm³/mol. The summed E-state index contributed by atoms with van der Waals surface area (Å²) < 4.78 is 5.15. The van der Waals surface area contributed by atoms with Gasteiger partial charge in [-0.2, -0.15) is 0 Å². The standard InChI is InChI=1S/C23H22NO4S/c1-23(2,24(26)27)17-28-22(25)18-13-15-21(16-14-18)29(19-9-5-3-6-10-19)20-11-7-4-8-12-20/h3-16H,17H2,1-2H3/q+1. The molecule has 0 aromatic heterocycles. The third kappa shape index (κ3) is 5.03. The Morgan fingerprint density at radius 3 is 1.76 bits per heavy atom. The molecular formula is C23H22NO4S+. The Hall–Kier alpha value is -3.12. The van der Waals surface area contributed by atoms with E-state index in [1.54, 1.807) is 12.1 Å². The minimum absolute atomic E-state index is 0.279. The van der Waals surface area contributed by atoms with Crippen LogP contribution in [-0.4, -0.2) is 23.0 Å². The highest BCUT2D eigenvalue weighted by atomic mass is 32.2. The van der Waals surface area contributed by atoms with Crippen LogP contribution in [0, 0.1) is 10.1 Å². The van der Waals surface area contributed by atoms with E-state index in [-0.39, 0.29) is 17.5 Å². The number of benzene rings is 3. The summed E-state index contributed by atoms with van der Waals surface area (Å²) in [5.41, 5.74) is -0.944. The van der Waals surface area contributed by atoms with E-state index in [0.29, 0.717) is 5.56 Å². The second kappa shape index (κ2) is 8.92. The molecule has 0 saturated carbocycles. The van der Waals surface area contributed by atoms with Gasteiger partial charge in [-0.3, -0.25) is 10.1 Å². The minimum Gasteiger partial charge on any atom is -0.454 e. The van der Waals surface area contributed by atoms with Crippen molar-refractivity contribution in [3.63, 3.8) is 0 Å². The molecule has 0 saturated heterocycles. The van der Waals surface area contributed by atoms with Crippen LogP contribution in [-0.2, 0) is 15.6 Å². The molecular weight excluding hydrogens is 386 g/mol. The number of nitro groups is 1. The quantitative estimate of drug-likeness (QED) is 0.239. The number of hydrogen-bond acceptors (Lipinski definition) is 4. The number of esters is 1. The number of carbonyl (C=O) groups is 1. The van der Waals surface area contributed by atoms with Crippen LogP contribution in [0.25, 0.3) is 0 Å². The lowest BCUT2D eigenvalue weighted by Gasteiger charge is -2.15. The highest BCUT2D eigenvalue weighted by Gasteiger charge is 2.33. The van der Waals surface area contributed by atoms with E-state index < -0.39 is 16.4 Å². The minimum atomic E-state index is -1.32. The molecule has 29 heavy (non-hydrogen) atoms. The summed E-state index contributed by atoms with van der Waals surface area (Å²) in [6, 6.07) is 27.7. The summed E-state index contributed by atoms with van der Waals surface area (Å²) >= 11 is 0. The molecule has 0 aliphatic rings. The average Bonchev–Trinajstić information content (AvgIpc) is 2.74. The van der Waals surface area contributed by atoms with Crippen molar-refractivity contribution in [1.29, 1.82) is 0 Å². The van der Waals surface area contributed by atoms with Crippen LogP contribution in [0.2, 0.25) is 0 Å². The van der Waals surface area contributed by atoms with E-state index in [9.17, 15) is 14.9 Å². The second-order valence-corrected chi connectivity index (χ2v) is 9.13. The Labute approximate surface area is 172 Å². The number of hydrogen-bond donors (Lipinski definition) is 0. The summed E-state index contributed by atoms with van der Waals surface area (Å²) in [6.07, 6.45) is 0. The maximum Gasteiger partial charge on any atom is 0.338 e. The van der Waals surface area contributed by atoms with E-state index >= 15 is 0 Å². The van der Waals surface area contributed by atoms with Crippen molar-refractivity contribution in [3.8, 4) is 0 Å². The van der Waals surface area contributed by atoms with E-state index in [1.165, 1.54) is 23.6 Å². The van der Waals surface area contributed by atoms with Gasteiger partial charge < -0.3 is 4.74 Å². The predicted octanol–water partition coefficient (Wildman–Crippen LogP) is 4.99. The molecule has 0 bridgehead atoms. The molecule has 0 spiro atoms. The van der Waals surface area contributed by atoms with Gasteiger partial charge in [0, 0.05) is 18.8 Å². The number of rotatable bonds is 7. The van der Waals surface area contributed by atoms with Crippen molar-refractivity contribution >= 4 is 16.9 Å². The maximum absolute atomic E-state index is 12.3. The van der Waals surface area contributed by atoms with Gasteiger partial charge in [-0.25, -0.2) is 4.79 Å². The van der Waals surface area contributed by atoms with Crippen LogP contribution in [0.3, 0.4) is 0 Å². The van der Waals surface area contributed by atoms with E-state index in [4.69, 9.17) is 4.74 Å². The van der Waals surface area contributed by atoms with Gasteiger partial charge >= 0.3 is 5.97 Å². The zero-order valence-corrected chi connectivity index (χ0v) is 17.1. The molecule has 0 N–H and O–H groups in total. The molecule has 148 valence electrons. The zero-order chi connectivity index (χ0) is 20.9. The molecule has 0 fully saturated rings. The van der Waals surface area contributed by atoms with Gasteiger partial charge in [-0.15, -0.1) is 0 Å². The lowest BCUT2D eigenvalue weighted by atomic mass is 10.1. The Morgan fingerprint density at radius 2 is 1.31 bits per heavy atom. The van der Waals surface area contributed by atoms with Crippen LogP contribution in [0.4, 0.5) is 0 Å².